The zero-order valence-electron chi connectivity index (χ0n) is 12.2. The van der Waals surface area contributed by atoms with E-state index in [4.69, 9.17) is 5.73 Å². The lowest BCUT2D eigenvalue weighted by Gasteiger charge is -2.10. The van der Waals surface area contributed by atoms with Gasteiger partial charge in [0.1, 0.15) is 0 Å². The highest BCUT2D eigenvalue weighted by Crippen LogP contribution is 2.18. The second-order valence-corrected chi connectivity index (χ2v) is 4.82. The van der Waals surface area contributed by atoms with Gasteiger partial charge >= 0.3 is 0 Å². The highest BCUT2D eigenvalue weighted by Gasteiger charge is 2.19. The maximum absolute atomic E-state index is 12.1. The van der Waals surface area contributed by atoms with Gasteiger partial charge in [-0.1, -0.05) is 11.3 Å². The molecule has 0 saturated heterocycles. The molecule has 1 aromatic carbocycles. The molecule has 0 bridgehead atoms. The third-order valence-electron chi connectivity index (χ3n) is 3.13. The van der Waals surface area contributed by atoms with Crippen LogP contribution in [-0.4, -0.2) is 38.4 Å². The molecule has 0 aliphatic rings. The Morgan fingerprint density at radius 2 is 2.27 bits per heavy atom. The minimum absolute atomic E-state index is 0.0600. The van der Waals surface area contributed by atoms with Crippen LogP contribution in [0.5, 0.6) is 0 Å². The first-order chi connectivity index (χ1) is 10.4. The number of rotatable bonds is 5. The van der Waals surface area contributed by atoms with E-state index in [2.05, 4.69) is 15.6 Å². The van der Waals surface area contributed by atoms with Crippen molar-refractivity contribution in [1.82, 2.24) is 20.3 Å². The fourth-order valence-corrected chi connectivity index (χ4v) is 1.87. The number of carbonyl (C=O) groups is 1. The number of nitro groups is 1. The Kier molecular flexibility index (Phi) is 4.47. The van der Waals surface area contributed by atoms with Crippen LogP contribution in [0, 0.1) is 17.0 Å². The average molecular weight is 304 g/mol. The highest BCUT2D eigenvalue weighted by atomic mass is 16.6. The number of aromatic nitrogens is 3. The first kappa shape index (κ1) is 15.6. The van der Waals surface area contributed by atoms with Crippen molar-refractivity contribution in [3.8, 4) is 5.69 Å². The van der Waals surface area contributed by atoms with E-state index in [1.807, 2.05) is 0 Å². The number of hydrogen-bond donors (Lipinski definition) is 2. The molecule has 0 radical (unpaired) electrons. The van der Waals surface area contributed by atoms with Crippen LogP contribution in [0.25, 0.3) is 5.69 Å². The van der Waals surface area contributed by atoms with Crippen LogP contribution in [0.15, 0.2) is 24.3 Å². The Balaban J connectivity index is 2.33. The second kappa shape index (κ2) is 6.31. The van der Waals surface area contributed by atoms with E-state index in [9.17, 15) is 14.9 Å². The average Bonchev–Trinajstić information content (AvgIpc) is 2.89. The summed E-state index contributed by atoms with van der Waals surface area (Å²) in [6, 6.07) is 5.76. The molecule has 9 heteroatoms. The smallest absolute Gasteiger partial charge is 0.274 e. The molecular formula is C13H16N6O3. The summed E-state index contributed by atoms with van der Waals surface area (Å²) in [6.45, 7) is 3.75. The van der Waals surface area contributed by atoms with Gasteiger partial charge in [0.2, 0.25) is 0 Å². The van der Waals surface area contributed by atoms with E-state index < -0.39 is 4.92 Å². The first-order valence-corrected chi connectivity index (χ1v) is 6.62. The molecular weight excluding hydrogens is 288 g/mol. The molecule has 2 rings (SSSR count). The Morgan fingerprint density at radius 3 is 2.91 bits per heavy atom. The number of nitrogens with zero attached hydrogens (tertiary/aromatic N) is 4. The zero-order chi connectivity index (χ0) is 16.3. The molecule has 2 aromatic rings. The van der Waals surface area contributed by atoms with Gasteiger partial charge in [-0.05, 0) is 19.9 Å². The molecule has 0 spiro atoms. The van der Waals surface area contributed by atoms with E-state index >= 15 is 0 Å². The second-order valence-electron chi connectivity index (χ2n) is 4.82. The summed E-state index contributed by atoms with van der Waals surface area (Å²) in [5, 5.41) is 21.3. The van der Waals surface area contributed by atoms with Crippen LogP contribution in [0.2, 0.25) is 0 Å². The van der Waals surface area contributed by atoms with Crippen LogP contribution in [0.3, 0.4) is 0 Å². The van der Waals surface area contributed by atoms with Crippen LogP contribution in [-0.2, 0) is 0 Å². The van der Waals surface area contributed by atoms with E-state index in [0.29, 0.717) is 17.9 Å². The van der Waals surface area contributed by atoms with Crippen LogP contribution in [0.1, 0.15) is 23.1 Å². The summed E-state index contributed by atoms with van der Waals surface area (Å²) in [5.41, 5.74) is 6.51. The number of nitrogens with two attached hydrogens (primary N) is 1. The van der Waals surface area contributed by atoms with Crippen molar-refractivity contribution in [3.05, 3.63) is 45.8 Å². The molecule has 0 unspecified atom stereocenters. The summed E-state index contributed by atoms with van der Waals surface area (Å²) in [4.78, 5) is 22.4. The van der Waals surface area contributed by atoms with E-state index in [-0.39, 0.29) is 23.3 Å². The van der Waals surface area contributed by atoms with Crippen LogP contribution in [0.4, 0.5) is 5.69 Å². The van der Waals surface area contributed by atoms with Crippen LogP contribution >= 0.6 is 0 Å². The summed E-state index contributed by atoms with van der Waals surface area (Å²) in [5.74, 6) is -0.382. The highest BCUT2D eigenvalue weighted by molar-refractivity contribution is 5.93. The van der Waals surface area contributed by atoms with Gasteiger partial charge in [0.25, 0.3) is 11.6 Å². The van der Waals surface area contributed by atoms with E-state index in [1.165, 1.54) is 16.8 Å². The summed E-state index contributed by atoms with van der Waals surface area (Å²) in [7, 11) is 0. The van der Waals surface area contributed by atoms with Gasteiger partial charge in [0.05, 0.1) is 16.3 Å². The summed E-state index contributed by atoms with van der Waals surface area (Å²) in [6.07, 6.45) is 0. The van der Waals surface area contributed by atoms with Crippen molar-refractivity contribution in [2.24, 2.45) is 5.73 Å². The van der Waals surface area contributed by atoms with Crippen molar-refractivity contribution < 1.29 is 9.72 Å². The molecule has 0 fully saturated rings. The fraction of sp³-hybridized carbons (Fsp3) is 0.308. The molecule has 1 amide bonds. The van der Waals surface area contributed by atoms with Gasteiger partial charge in [-0.2, -0.15) is 0 Å². The lowest BCUT2D eigenvalue weighted by Crippen LogP contribution is -2.38. The topological polar surface area (TPSA) is 129 Å². The predicted molar refractivity (Wildman–Crippen MR) is 78.7 cm³/mol. The Morgan fingerprint density at radius 1 is 1.55 bits per heavy atom. The number of nitro benzene ring substituents is 1. The lowest BCUT2D eigenvalue weighted by atomic mass is 10.2. The maximum atomic E-state index is 12.1. The first-order valence-electron chi connectivity index (χ1n) is 6.62. The van der Waals surface area contributed by atoms with Gasteiger partial charge in [-0.25, -0.2) is 4.68 Å². The molecule has 3 N–H and O–H groups in total. The van der Waals surface area contributed by atoms with Crippen molar-refractivity contribution in [3.63, 3.8) is 0 Å². The maximum Gasteiger partial charge on any atom is 0.274 e. The molecule has 116 valence electrons. The lowest BCUT2D eigenvalue weighted by molar-refractivity contribution is -0.384. The molecule has 22 heavy (non-hydrogen) atoms. The molecule has 9 nitrogen and oxygen atoms in total. The van der Waals surface area contributed by atoms with Crippen molar-refractivity contribution in [2.75, 3.05) is 6.54 Å². The molecule has 1 aromatic heterocycles. The van der Waals surface area contributed by atoms with Crippen molar-refractivity contribution >= 4 is 11.6 Å². The SMILES string of the molecule is Cc1c(C(=O)N[C@@H](C)CN)nnn1-c1cccc([N+](=O)[O-])c1. The van der Waals surface area contributed by atoms with E-state index in [1.54, 1.807) is 26.0 Å². The predicted octanol–water partition coefficient (Wildman–Crippen LogP) is 0.561. The number of carbonyl (C=O) groups excluding carboxylic acids is 1. The quantitative estimate of drug-likeness (QED) is 0.613. The number of amides is 1. The number of non-ortho nitro benzene ring substituents is 1. The molecule has 0 aliphatic carbocycles. The van der Waals surface area contributed by atoms with E-state index in [0.717, 1.165) is 0 Å². The van der Waals surface area contributed by atoms with Gasteiger partial charge in [0.15, 0.2) is 5.69 Å². The number of benzene rings is 1. The van der Waals surface area contributed by atoms with Crippen molar-refractivity contribution in [2.45, 2.75) is 19.9 Å². The molecule has 0 saturated carbocycles. The van der Waals surface area contributed by atoms with Gasteiger partial charge in [0, 0.05) is 24.7 Å². The fourth-order valence-electron chi connectivity index (χ4n) is 1.87. The zero-order valence-corrected chi connectivity index (χ0v) is 12.2. The molecule has 0 aliphatic heterocycles. The minimum atomic E-state index is -0.494. The number of nitrogens with one attached hydrogen (secondary N) is 1. The normalized spacial score (nSPS) is 12.0. The minimum Gasteiger partial charge on any atom is -0.347 e. The third kappa shape index (κ3) is 3.09. The Labute approximate surface area is 126 Å². The largest absolute Gasteiger partial charge is 0.347 e. The Hall–Kier alpha value is -2.81. The molecule has 1 atom stereocenters. The number of hydrogen-bond acceptors (Lipinski definition) is 6. The van der Waals surface area contributed by atoms with Gasteiger partial charge < -0.3 is 11.1 Å². The summed E-state index contributed by atoms with van der Waals surface area (Å²) < 4.78 is 1.38. The van der Waals surface area contributed by atoms with Crippen LogP contribution < -0.4 is 11.1 Å². The monoisotopic (exact) mass is 304 g/mol. The summed E-state index contributed by atoms with van der Waals surface area (Å²) >= 11 is 0. The third-order valence-corrected chi connectivity index (χ3v) is 3.13. The van der Waals surface area contributed by atoms with Gasteiger partial charge in [-0.3, -0.25) is 14.9 Å². The van der Waals surface area contributed by atoms with Gasteiger partial charge in [-0.15, -0.1) is 5.10 Å². The standard InChI is InChI=1S/C13H16N6O3/c1-8(7-14)15-13(20)12-9(2)18(17-16-12)10-4-3-5-11(6-10)19(21)22/h3-6,8H,7,14H2,1-2H3,(H,15,20)/t8-/m0/s1. The van der Waals surface area contributed by atoms with Crippen molar-refractivity contribution in [1.29, 1.82) is 0 Å². The Bertz CT molecular complexity index is 712. The molecule has 1 heterocycles.